The molecule has 0 spiro atoms. The lowest BCUT2D eigenvalue weighted by Gasteiger charge is -2.20. The molecule has 108 heavy (non-hydrogen) atoms. The summed E-state index contributed by atoms with van der Waals surface area (Å²) in [4.78, 5) is 18.4. The largest absolute Gasteiger partial charge is 0.437 e. The Morgan fingerprint density at radius 1 is 0.380 bits per heavy atom. The van der Waals surface area contributed by atoms with Crippen molar-refractivity contribution >= 4 is 88.3 Å². The van der Waals surface area contributed by atoms with Crippen molar-refractivity contribution in [3.63, 3.8) is 0 Å². The summed E-state index contributed by atoms with van der Waals surface area (Å²) in [5, 5.41) is 6.62. The molecule has 0 bridgehead atoms. The van der Waals surface area contributed by atoms with Crippen LogP contribution in [0.25, 0.3) is 133 Å². The summed E-state index contributed by atoms with van der Waals surface area (Å²) in [7, 11) is 7.22. The highest BCUT2D eigenvalue weighted by Gasteiger charge is 2.29. The van der Waals surface area contributed by atoms with Crippen LogP contribution in [0.3, 0.4) is 0 Å². The number of benzene rings is 4. The third kappa shape index (κ3) is 14.3. The quantitative estimate of drug-likeness (QED) is 0.145. The molecule has 1 atom stereocenters. The Labute approximate surface area is 671 Å². The second-order valence-corrected chi connectivity index (χ2v) is 29.8. The predicted octanol–water partition coefficient (Wildman–Crippen LogP) is 22.9. The molecule has 0 amide bonds. The monoisotopic (exact) mass is 1460 g/mol. The summed E-state index contributed by atoms with van der Waals surface area (Å²) < 4.78 is 240. The van der Waals surface area contributed by atoms with Gasteiger partial charge < -0.3 is 17.7 Å². The Kier molecular flexibility index (Phi) is 12.9. The molecule has 0 aliphatic heterocycles. The van der Waals surface area contributed by atoms with Gasteiger partial charge in [0.1, 0.15) is 28.2 Å². The van der Waals surface area contributed by atoms with Crippen LogP contribution in [0.4, 0.5) is 0 Å². The van der Waals surface area contributed by atoms with Crippen LogP contribution >= 0.6 is 0 Å². The van der Waals surface area contributed by atoms with E-state index in [9.17, 15) is 0 Å². The van der Waals surface area contributed by atoms with Crippen LogP contribution in [0.5, 0.6) is 0 Å². The maximum absolute atomic E-state index is 8.98. The van der Waals surface area contributed by atoms with Gasteiger partial charge in [0.2, 0.25) is 45.6 Å². The highest BCUT2D eigenvalue weighted by molar-refractivity contribution is 6.12. The molecule has 4 aromatic carbocycles. The van der Waals surface area contributed by atoms with Crippen molar-refractivity contribution in [2.45, 2.75) is 178 Å². The molecular weight excluding hydrogens is 1330 g/mol. The van der Waals surface area contributed by atoms with E-state index < -0.39 is 77.4 Å². The first-order valence-corrected chi connectivity index (χ1v) is 36.3. The summed E-state index contributed by atoms with van der Waals surface area (Å²) in [5.74, 6) is -3.57. The first-order chi connectivity index (χ1) is 62.0. The van der Waals surface area contributed by atoms with E-state index in [1.165, 1.54) is 13.0 Å². The zero-order chi connectivity index (χ0) is 98.0. The maximum atomic E-state index is 8.98. The SMILES string of the molecule is [2H]C([2H])([2H])c1ccc(-c2c(C)ccc3c2oc2nc(C(C)(C)C)ccc23)[n+](C)c1.[2H]C([2H])([2H])c1ccc(-c2c(C)ccc3c2oc2nc(C4([2H])C([2H])([2H])CCCC4([2H])[2H])ccc23)[n+](C)c1.[2H]C([2H])([2H])c1ccc(-c2c(C)ccc3c2oc2nc(C4([2H])CCCC4([2H])[2H])ccc23)[n+](C)c1.[2H]C([2H])([2H])c1ccc(-c2c(C)ccc3c2oc2nc(CC(C)(C([2H])([2H])[2H])C([2H])([2H])[2H])ccc23)[n+](C)c1. The Hall–Kier alpha value is -10.7. The normalized spacial score (nSPS) is 21.0. The molecule has 2 fully saturated rings. The third-order valence-corrected chi connectivity index (χ3v) is 20.2. The minimum atomic E-state index is -2.72. The van der Waals surface area contributed by atoms with Crippen molar-refractivity contribution in [1.82, 2.24) is 19.9 Å². The van der Waals surface area contributed by atoms with E-state index in [-0.39, 0.29) is 58.5 Å². The van der Waals surface area contributed by atoms with Crippen LogP contribution in [0.15, 0.2) is 188 Å². The zero-order valence-electron chi connectivity index (χ0n) is 88.8. The van der Waals surface area contributed by atoms with Crippen molar-refractivity contribution < 1.29 is 71.6 Å². The molecule has 1 unspecified atom stereocenters. The number of rotatable bonds is 7. The van der Waals surface area contributed by atoms with E-state index in [2.05, 4.69) is 60.0 Å². The van der Waals surface area contributed by atoms with E-state index >= 15 is 0 Å². The van der Waals surface area contributed by atoms with Gasteiger partial charge in [-0.05, 0) is 188 Å². The Morgan fingerprint density at radius 3 is 1.06 bits per heavy atom. The van der Waals surface area contributed by atoms with Crippen LogP contribution in [0, 0.1) is 60.5 Å². The summed E-state index contributed by atoms with van der Waals surface area (Å²) in [5.41, 5.74) is 15.1. The fourth-order valence-corrected chi connectivity index (χ4v) is 14.8. The summed E-state index contributed by atoms with van der Waals surface area (Å²) >= 11 is 0. The summed E-state index contributed by atoms with van der Waals surface area (Å²) in [6.07, 6.45) is 2.30. The molecule has 0 radical (unpaired) electrons. The van der Waals surface area contributed by atoms with Gasteiger partial charge in [0, 0.05) is 165 Å². The minimum absolute atomic E-state index is 0.00890. The van der Waals surface area contributed by atoms with Gasteiger partial charge in [0.25, 0.3) is 0 Å². The summed E-state index contributed by atoms with van der Waals surface area (Å²) in [6, 6.07) is 43.8. The standard InChI is InChI=1S/C25H27N2O.C24H25N2O.C24H27N2O.C23H25N2O/c1-16-9-14-22(27(3)15-16)23-17(2)10-11-19-20-12-13-21(18-7-5-4-6-8-18)26-25(20)28-24(19)23;1-15-8-13-21(26(3)14-15)22-16(2)9-10-18-19-11-12-20(17-6-4-5-7-17)25-24(19)27-23(18)22;1-15-7-12-20(26(6)14-15)21-16(2)8-10-18-19-11-9-17(13-24(3,4)5)25-23(19)27-22(18)21;1-14-7-11-18(25(6)13-14)20-15(2)8-9-16-17-10-12-19(23(3,4)5)24-22(17)26-21(16)20/h9-15,18H,4-8H2,1-3H3;8-14,17H,4-7H2,1-3H3;7-12,14H,13H2,1-6H3;7-13H,1-6H3/q4*+1/i1D3,7D2,8D2,18D;1D3,6D2,17D;1D3,3D3,4D3;1D3. The maximum Gasteiger partial charge on any atom is 0.227 e. The van der Waals surface area contributed by atoms with Crippen molar-refractivity contribution in [1.29, 1.82) is 0 Å². The third-order valence-electron chi connectivity index (χ3n) is 20.2. The Balaban J connectivity index is 0.000000137. The molecule has 18 rings (SSSR count). The molecule has 12 heteroatoms. The first kappa shape index (κ1) is 47.8. The number of aryl methyl sites for hydroxylation is 12. The molecule has 12 nitrogen and oxygen atoms in total. The van der Waals surface area contributed by atoms with Gasteiger partial charge in [-0.2, -0.15) is 0 Å². The highest BCUT2D eigenvalue weighted by Crippen LogP contribution is 2.44. The van der Waals surface area contributed by atoms with Crippen LogP contribution < -0.4 is 18.3 Å². The number of hydrogen-bond acceptors (Lipinski definition) is 8. The summed E-state index contributed by atoms with van der Waals surface area (Å²) in [6.45, 7) is 1.29. The van der Waals surface area contributed by atoms with Crippen molar-refractivity contribution in [2.75, 3.05) is 0 Å². The van der Waals surface area contributed by atoms with E-state index in [1.807, 2.05) is 94.9 Å². The molecule has 2 saturated carbocycles. The van der Waals surface area contributed by atoms with Crippen LogP contribution in [-0.2, 0) is 40.0 Å². The van der Waals surface area contributed by atoms with Crippen molar-refractivity contribution in [3.05, 3.63) is 238 Å². The number of fused-ring (bicyclic) bond motifs is 12. The number of furan rings is 4. The van der Waals surface area contributed by atoms with Gasteiger partial charge in [-0.3, -0.25) is 0 Å². The number of hydrogen-bond donors (Lipinski definition) is 0. The molecule has 548 valence electrons. The van der Waals surface area contributed by atoms with Crippen LogP contribution in [-0.4, -0.2) is 19.9 Å². The lowest BCUT2D eigenvalue weighted by molar-refractivity contribution is -0.660. The van der Waals surface area contributed by atoms with E-state index in [4.69, 9.17) is 58.3 Å². The van der Waals surface area contributed by atoms with E-state index in [1.54, 1.807) is 119 Å². The molecule has 2 aliphatic rings. The van der Waals surface area contributed by atoms with Gasteiger partial charge in [-0.15, -0.1) is 0 Å². The fraction of sp³-hybridized carbons (Fsp3) is 0.333. The highest BCUT2D eigenvalue weighted by atomic mass is 16.4. The smallest absolute Gasteiger partial charge is 0.227 e. The van der Waals surface area contributed by atoms with Crippen molar-refractivity contribution in [3.8, 4) is 45.0 Å². The zero-order valence-corrected chi connectivity index (χ0v) is 62.8. The second kappa shape index (κ2) is 29.1. The first-order valence-electron chi connectivity index (χ1n) is 49.3. The van der Waals surface area contributed by atoms with Gasteiger partial charge in [0.15, 0.2) is 47.1 Å². The lowest BCUT2D eigenvalue weighted by atomic mass is 9.86. The number of pyridine rings is 8. The Bertz CT molecular complexity index is 7320. The lowest BCUT2D eigenvalue weighted by Crippen LogP contribution is -2.31. The Morgan fingerprint density at radius 2 is 0.713 bits per heavy atom. The molecular formula is C96H104N8O4+4. The van der Waals surface area contributed by atoms with Gasteiger partial charge in [0.05, 0.1) is 22.3 Å². The van der Waals surface area contributed by atoms with Gasteiger partial charge in [-0.25, -0.2) is 38.2 Å². The number of aromatic nitrogens is 8. The number of nitrogens with zero attached hydrogens (tertiary/aromatic N) is 8. The molecule has 0 saturated heterocycles. The fourth-order valence-electron chi connectivity index (χ4n) is 14.8. The predicted molar refractivity (Wildman–Crippen MR) is 439 cm³/mol. The van der Waals surface area contributed by atoms with Crippen LogP contribution in [0.2, 0.25) is 0 Å². The molecule has 0 N–H and O–H groups in total. The van der Waals surface area contributed by atoms with Gasteiger partial charge in [-0.1, -0.05) is 122 Å². The molecule has 16 aromatic rings. The van der Waals surface area contributed by atoms with E-state index in [0.29, 0.717) is 81.6 Å². The molecule has 12 aromatic heterocycles. The molecule has 12 heterocycles. The molecule has 2 aliphatic carbocycles. The second-order valence-electron chi connectivity index (χ2n) is 29.8. The van der Waals surface area contributed by atoms with Gasteiger partial charge >= 0.3 is 0 Å². The average molecular weight is 1460 g/mol. The van der Waals surface area contributed by atoms with Crippen LogP contribution in [0.1, 0.15) is 214 Å². The average Bonchev–Trinajstić information content (AvgIpc) is 1.14. The minimum Gasteiger partial charge on any atom is -0.437 e. The topological polar surface area (TPSA) is 120 Å². The van der Waals surface area contributed by atoms with E-state index in [0.717, 1.165) is 111 Å². The van der Waals surface area contributed by atoms with Crippen molar-refractivity contribution in [2.24, 2.45) is 33.6 Å².